The predicted octanol–water partition coefficient (Wildman–Crippen LogP) is 2.64. The molecule has 1 aromatic rings. The standard InChI is InChI=1S/C12H15ClO3S/c1-16-12-7-6-9-4-2-3-5-10(9)11(12)8-17(13,14)15/h6-7H,2-5,8H2,1H3. The highest BCUT2D eigenvalue weighted by Gasteiger charge is 2.20. The van der Waals surface area contributed by atoms with Crippen molar-refractivity contribution in [2.45, 2.75) is 31.4 Å². The number of rotatable bonds is 3. The van der Waals surface area contributed by atoms with Gasteiger partial charge in [0.15, 0.2) is 0 Å². The number of hydrogen-bond acceptors (Lipinski definition) is 3. The lowest BCUT2D eigenvalue weighted by atomic mass is 9.88. The molecule has 3 nitrogen and oxygen atoms in total. The molecule has 1 aliphatic carbocycles. The number of halogens is 1. The molecule has 0 atom stereocenters. The Balaban J connectivity index is 2.52. The molecule has 2 rings (SSSR count). The Kier molecular flexibility index (Phi) is 3.64. The molecular weight excluding hydrogens is 260 g/mol. The Morgan fingerprint density at radius 2 is 2.00 bits per heavy atom. The summed E-state index contributed by atoms with van der Waals surface area (Å²) in [5.41, 5.74) is 3.08. The molecule has 5 heteroatoms. The lowest BCUT2D eigenvalue weighted by Crippen LogP contribution is -2.10. The number of methoxy groups -OCH3 is 1. The van der Waals surface area contributed by atoms with E-state index in [1.165, 1.54) is 5.56 Å². The Morgan fingerprint density at radius 1 is 1.29 bits per heavy atom. The van der Waals surface area contributed by atoms with Crippen LogP contribution in [0.3, 0.4) is 0 Å². The quantitative estimate of drug-likeness (QED) is 0.796. The van der Waals surface area contributed by atoms with Crippen molar-refractivity contribution in [3.63, 3.8) is 0 Å². The van der Waals surface area contributed by atoms with Crippen molar-refractivity contribution in [1.29, 1.82) is 0 Å². The lowest BCUT2D eigenvalue weighted by Gasteiger charge is -2.21. The van der Waals surface area contributed by atoms with Gasteiger partial charge in [-0.25, -0.2) is 8.42 Å². The molecule has 17 heavy (non-hydrogen) atoms. The smallest absolute Gasteiger partial charge is 0.236 e. The molecule has 0 heterocycles. The molecule has 0 unspecified atom stereocenters. The van der Waals surface area contributed by atoms with Crippen LogP contribution in [0.2, 0.25) is 0 Å². The average molecular weight is 275 g/mol. The monoisotopic (exact) mass is 274 g/mol. The first-order valence-corrected chi connectivity index (χ1v) is 8.09. The normalized spacial score (nSPS) is 15.4. The van der Waals surface area contributed by atoms with Crippen molar-refractivity contribution < 1.29 is 13.2 Å². The second-order valence-corrected chi connectivity index (χ2v) is 7.05. The topological polar surface area (TPSA) is 43.4 Å². The van der Waals surface area contributed by atoms with E-state index in [1.807, 2.05) is 12.1 Å². The van der Waals surface area contributed by atoms with E-state index in [0.29, 0.717) is 5.75 Å². The fourth-order valence-electron chi connectivity index (χ4n) is 2.40. The van der Waals surface area contributed by atoms with Crippen LogP contribution in [0, 0.1) is 0 Å². The highest BCUT2D eigenvalue weighted by molar-refractivity contribution is 8.13. The summed E-state index contributed by atoms with van der Waals surface area (Å²) in [5.74, 6) is 0.468. The van der Waals surface area contributed by atoms with Gasteiger partial charge in [-0.15, -0.1) is 0 Å². The summed E-state index contributed by atoms with van der Waals surface area (Å²) in [6.07, 6.45) is 4.17. The van der Waals surface area contributed by atoms with Crippen LogP contribution < -0.4 is 4.74 Å². The molecule has 0 fully saturated rings. The highest BCUT2D eigenvalue weighted by Crippen LogP contribution is 2.32. The van der Waals surface area contributed by atoms with E-state index in [-0.39, 0.29) is 5.75 Å². The molecule has 0 spiro atoms. The Labute approximate surface area is 106 Å². The maximum atomic E-state index is 11.3. The second-order valence-electron chi connectivity index (χ2n) is 4.27. The van der Waals surface area contributed by atoms with Gasteiger partial charge in [-0.1, -0.05) is 6.07 Å². The summed E-state index contributed by atoms with van der Waals surface area (Å²) >= 11 is 0. The largest absolute Gasteiger partial charge is 0.496 e. The van der Waals surface area contributed by atoms with Crippen LogP contribution in [-0.4, -0.2) is 15.5 Å². The van der Waals surface area contributed by atoms with Gasteiger partial charge >= 0.3 is 0 Å². The average Bonchev–Trinajstić information content (AvgIpc) is 2.28. The summed E-state index contributed by atoms with van der Waals surface area (Å²) in [6.45, 7) is 0. The van der Waals surface area contributed by atoms with Gasteiger partial charge in [0.05, 0.1) is 12.9 Å². The third-order valence-corrected chi connectivity index (χ3v) is 4.11. The first kappa shape index (κ1) is 12.7. The minimum atomic E-state index is -3.55. The van der Waals surface area contributed by atoms with Crippen molar-refractivity contribution in [3.05, 3.63) is 28.8 Å². The maximum absolute atomic E-state index is 11.3. The van der Waals surface area contributed by atoms with Crippen LogP contribution in [-0.2, 0) is 27.6 Å². The maximum Gasteiger partial charge on any atom is 0.236 e. The first-order valence-electron chi connectivity index (χ1n) is 5.61. The van der Waals surface area contributed by atoms with Crippen LogP contribution in [0.15, 0.2) is 12.1 Å². The van der Waals surface area contributed by atoms with E-state index in [9.17, 15) is 8.42 Å². The summed E-state index contributed by atoms with van der Waals surface area (Å²) in [7, 11) is 3.36. The zero-order valence-electron chi connectivity index (χ0n) is 9.70. The minimum Gasteiger partial charge on any atom is -0.496 e. The van der Waals surface area contributed by atoms with E-state index in [4.69, 9.17) is 15.4 Å². The Bertz CT molecular complexity index is 523. The van der Waals surface area contributed by atoms with Crippen LogP contribution in [0.5, 0.6) is 5.75 Å². The highest BCUT2D eigenvalue weighted by atomic mass is 35.7. The third kappa shape index (κ3) is 2.93. The molecule has 0 N–H and O–H groups in total. The van der Waals surface area contributed by atoms with Gasteiger partial charge < -0.3 is 4.74 Å². The summed E-state index contributed by atoms with van der Waals surface area (Å²) in [6, 6.07) is 3.86. The number of benzene rings is 1. The molecular formula is C12H15ClO3S. The SMILES string of the molecule is COc1ccc2c(c1CS(=O)(=O)Cl)CCCC2. The van der Waals surface area contributed by atoms with Gasteiger partial charge in [0.1, 0.15) is 5.75 Å². The van der Waals surface area contributed by atoms with E-state index in [1.54, 1.807) is 7.11 Å². The number of aryl methyl sites for hydroxylation is 1. The van der Waals surface area contributed by atoms with E-state index in [0.717, 1.165) is 36.8 Å². The molecule has 1 aromatic carbocycles. The summed E-state index contributed by atoms with van der Waals surface area (Å²) in [5, 5.41) is 0. The third-order valence-electron chi connectivity index (χ3n) is 3.14. The van der Waals surface area contributed by atoms with Crippen molar-refractivity contribution in [3.8, 4) is 5.75 Å². The number of fused-ring (bicyclic) bond motifs is 1. The van der Waals surface area contributed by atoms with Crippen molar-refractivity contribution in [1.82, 2.24) is 0 Å². The van der Waals surface area contributed by atoms with Crippen LogP contribution in [0.1, 0.15) is 29.5 Å². The molecule has 0 radical (unpaired) electrons. The van der Waals surface area contributed by atoms with Gasteiger partial charge in [0.2, 0.25) is 9.05 Å². The molecule has 94 valence electrons. The van der Waals surface area contributed by atoms with Gasteiger partial charge in [-0.05, 0) is 42.9 Å². The molecule has 0 amide bonds. The fraction of sp³-hybridized carbons (Fsp3) is 0.500. The van der Waals surface area contributed by atoms with Gasteiger partial charge in [0, 0.05) is 16.2 Å². The van der Waals surface area contributed by atoms with E-state index < -0.39 is 9.05 Å². The zero-order valence-corrected chi connectivity index (χ0v) is 11.3. The van der Waals surface area contributed by atoms with Crippen molar-refractivity contribution in [2.24, 2.45) is 0 Å². The zero-order chi connectivity index (χ0) is 12.5. The van der Waals surface area contributed by atoms with E-state index in [2.05, 4.69) is 0 Å². The lowest BCUT2D eigenvalue weighted by molar-refractivity contribution is 0.409. The molecule has 0 saturated carbocycles. The second kappa shape index (κ2) is 4.86. The summed E-state index contributed by atoms with van der Waals surface area (Å²) in [4.78, 5) is 0. The minimum absolute atomic E-state index is 0.152. The van der Waals surface area contributed by atoms with E-state index >= 15 is 0 Å². The first-order chi connectivity index (χ1) is 8.01. The molecule has 0 saturated heterocycles. The molecule has 0 aliphatic heterocycles. The van der Waals surface area contributed by atoms with Crippen molar-refractivity contribution >= 4 is 19.7 Å². The Hall–Kier alpha value is -0.740. The van der Waals surface area contributed by atoms with Gasteiger partial charge in [-0.3, -0.25) is 0 Å². The molecule has 0 bridgehead atoms. The van der Waals surface area contributed by atoms with Gasteiger partial charge in [0.25, 0.3) is 0 Å². The van der Waals surface area contributed by atoms with Crippen molar-refractivity contribution in [2.75, 3.05) is 7.11 Å². The molecule has 0 aromatic heterocycles. The molecule has 1 aliphatic rings. The number of ether oxygens (including phenoxy) is 1. The van der Waals surface area contributed by atoms with Crippen LogP contribution in [0.4, 0.5) is 0 Å². The van der Waals surface area contributed by atoms with Crippen LogP contribution >= 0.6 is 10.7 Å². The summed E-state index contributed by atoms with van der Waals surface area (Å²) < 4.78 is 27.8. The fourth-order valence-corrected chi connectivity index (χ4v) is 3.39. The number of hydrogen-bond donors (Lipinski definition) is 0. The van der Waals surface area contributed by atoms with Gasteiger partial charge in [-0.2, -0.15) is 0 Å². The van der Waals surface area contributed by atoms with Crippen LogP contribution in [0.25, 0.3) is 0 Å². The predicted molar refractivity (Wildman–Crippen MR) is 68.1 cm³/mol. The Morgan fingerprint density at radius 3 is 2.65 bits per heavy atom.